The number of carbonyl (C=O) groups excluding carboxylic acids is 1. The molecule has 0 spiro atoms. The lowest BCUT2D eigenvalue weighted by atomic mass is 10.0. The largest absolute Gasteiger partial charge is 0.378 e. The van der Waals surface area contributed by atoms with E-state index in [0.29, 0.717) is 32.8 Å². The number of nitrogens with zero attached hydrogens (tertiary/aromatic N) is 2. The topological polar surface area (TPSA) is 63.6 Å². The van der Waals surface area contributed by atoms with Gasteiger partial charge in [-0.15, -0.1) is 0 Å². The Morgan fingerprint density at radius 2 is 1.92 bits per heavy atom. The Labute approximate surface area is 147 Å². The maximum absolute atomic E-state index is 13.0. The Morgan fingerprint density at radius 1 is 1.20 bits per heavy atom. The van der Waals surface area contributed by atoms with E-state index in [1.807, 2.05) is 41.3 Å². The minimum atomic E-state index is -0.441. The first kappa shape index (κ1) is 17.4. The first-order valence-electron chi connectivity index (χ1n) is 8.45. The Balaban J connectivity index is 1.77. The van der Waals surface area contributed by atoms with E-state index in [2.05, 4.69) is 5.32 Å². The van der Waals surface area contributed by atoms with Crippen LogP contribution in [-0.4, -0.2) is 41.7 Å². The van der Waals surface area contributed by atoms with E-state index in [1.54, 1.807) is 19.3 Å². The van der Waals surface area contributed by atoms with Crippen LogP contribution < -0.4 is 10.9 Å². The molecule has 132 valence electrons. The van der Waals surface area contributed by atoms with Gasteiger partial charge in [0, 0.05) is 38.9 Å². The van der Waals surface area contributed by atoms with Crippen molar-refractivity contribution in [3.63, 3.8) is 0 Å². The number of nitrogens with one attached hydrogen (secondary N) is 1. The highest BCUT2D eigenvalue weighted by molar-refractivity contribution is 5.83. The number of aryl methyl sites for hydroxylation is 1. The molecule has 2 heterocycles. The molecule has 1 fully saturated rings. The van der Waals surface area contributed by atoms with Crippen LogP contribution in [0.4, 0.5) is 0 Å². The van der Waals surface area contributed by atoms with E-state index in [0.717, 1.165) is 11.1 Å². The van der Waals surface area contributed by atoms with Crippen molar-refractivity contribution in [1.82, 2.24) is 14.8 Å². The quantitative estimate of drug-likeness (QED) is 0.884. The molecule has 0 bridgehead atoms. The lowest BCUT2D eigenvalue weighted by Gasteiger charge is -2.31. The molecule has 0 radical (unpaired) electrons. The highest BCUT2D eigenvalue weighted by Crippen LogP contribution is 2.17. The highest BCUT2D eigenvalue weighted by atomic mass is 16.5. The zero-order valence-electron chi connectivity index (χ0n) is 14.4. The molecule has 1 N–H and O–H groups in total. The molecule has 1 aromatic carbocycles. The molecule has 0 unspecified atom stereocenters. The van der Waals surface area contributed by atoms with Crippen molar-refractivity contribution in [2.75, 3.05) is 26.3 Å². The van der Waals surface area contributed by atoms with Gasteiger partial charge in [0.25, 0.3) is 5.56 Å². The minimum absolute atomic E-state index is 0.0401. The average molecular weight is 341 g/mol. The second kappa shape index (κ2) is 8.09. The summed E-state index contributed by atoms with van der Waals surface area (Å²) in [6, 6.07) is 12.7. The van der Waals surface area contributed by atoms with Gasteiger partial charge in [0.05, 0.1) is 13.2 Å². The Kier molecular flexibility index (Phi) is 5.63. The van der Waals surface area contributed by atoms with Gasteiger partial charge in [0.15, 0.2) is 0 Å². The summed E-state index contributed by atoms with van der Waals surface area (Å²) in [4.78, 5) is 26.6. The molecular weight excluding hydrogens is 318 g/mol. The normalized spacial score (nSPS) is 15.8. The van der Waals surface area contributed by atoms with E-state index in [1.165, 1.54) is 4.57 Å². The van der Waals surface area contributed by atoms with Crippen LogP contribution in [0.25, 0.3) is 0 Å². The lowest BCUT2D eigenvalue weighted by molar-refractivity contribution is -0.137. The Bertz CT molecular complexity index is 767. The fourth-order valence-corrected chi connectivity index (χ4v) is 2.88. The zero-order chi connectivity index (χ0) is 17.6. The van der Waals surface area contributed by atoms with Gasteiger partial charge < -0.3 is 14.2 Å². The third-order valence-electron chi connectivity index (χ3n) is 4.38. The van der Waals surface area contributed by atoms with E-state index in [9.17, 15) is 9.59 Å². The first-order chi connectivity index (χ1) is 12.1. The molecule has 6 nitrogen and oxygen atoms in total. The van der Waals surface area contributed by atoms with Crippen LogP contribution in [0.1, 0.15) is 17.2 Å². The number of ether oxygens (including phenoxy) is 1. The maximum atomic E-state index is 13.0. The number of pyridine rings is 1. The summed E-state index contributed by atoms with van der Waals surface area (Å²) < 4.78 is 6.86. The van der Waals surface area contributed by atoms with Crippen LogP contribution in [0.3, 0.4) is 0 Å². The predicted molar refractivity (Wildman–Crippen MR) is 95.1 cm³/mol. The Hall–Kier alpha value is -2.44. The van der Waals surface area contributed by atoms with Crippen molar-refractivity contribution in [3.8, 4) is 0 Å². The first-order valence-corrected chi connectivity index (χ1v) is 8.45. The summed E-state index contributed by atoms with van der Waals surface area (Å²) in [5, 5.41) is 3.32. The van der Waals surface area contributed by atoms with Gasteiger partial charge >= 0.3 is 0 Å². The van der Waals surface area contributed by atoms with Gasteiger partial charge in [-0.05, 0) is 17.2 Å². The SMILES string of the molecule is Cn1ccc(CN[C@H](C(=O)N2CCOCC2)c2ccccc2)cc1=O. The zero-order valence-corrected chi connectivity index (χ0v) is 14.4. The van der Waals surface area contributed by atoms with Crippen molar-refractivity contribution in [2.24, 2.45) is 7.05 Å². The molecule has 2 aromatic rings. The fraction of sp³-hybridized carbons (Fsp3) is 0.368. The van der Waals surface area contributed by atoms with Crippen LogP contribution in [0, 0.1) is 0 Å². The van der Waals surface area contributed by atoms with Crippen molar-refractivity contribution in [3.05, 3.63) is 70.1 Å². The van der Waals surface area contributed by atoms with Crippen molar-refractivity contribution >= 4 is 5.91 Å². The van der Waals surface area contributed by atoms with Crippen LogP contribution >= 0.6 is 0 Å². The molecule has 1 aromatic heterocycles. The van der Waals surface area contributed by atoms with E-state index in [-0.39, 0.29) is 11.5 Å². The number of morpholine rings is 1. The summed E-state index contributed by atoms with van der Waals surface area (Å²) in [5.74, 6) is 0.0401. The van der Waals surface area contributed by atoms with Crippen LogP contribution in [0.2, 0.25) is 0 Å². The molecule has 6 heteroatoms. The number of rotatable bonds is 5. The van der Waals surface area contributed by atoms with Gasteiger partial charge in [-0.25, -0.2) is 0 Å². The second-order valence-corrected chi connectivity index (χ2v) is 6.15. The number of aromatic nitrogens is 1. The molecule has 0 aliphatic carbocycles. The molecule has 1 aliphatic rings. The van der Waals surface area contributed by atoms with Crippen LogP contribution in [0.15, 0.2) is 53.5 Å². The average Bonchev–Trinajstić information content (AvgIpc) is 2.66. The fourth-order valence-electron chi connectivity index (χ4n) is 2.88. The monoisotopic (exact) mass is 341 g/mol. The van der Waals surface area contributed by atoms with Gasteiger partial charge in [-0.3, -0.25) is 14.9 Å². The van der Waals surface area contributed by atoms with Crippen molar-refractivity contribution in [1.29, 1.82) is 0 Å². The third-order valence-corrected chi connectivity index (χ3v) is 4.38. The lowest BCUT2D eigenvalue weighted by Crippen LogP contribution is -2.46. The van der Waals surface area contributed by atoms with E-state index >= 15 is 0 Å². The maximum Gasteiger partial charge on any atom is 0.250 e. The van der Waals surface area contributed by atoms with E-state index < -0.39 is 6.04 Å². The number of amides is 1. The van der Waals surface area contributed by atoms with Gasteiger partial charge in [0.2, 0.25) is 5.91 Å². The summed E-state index contributed by atoms with van der Waals surface area (Å²) >= 11 is 0. The molecule has 1 aliphatic heterocycles. The summed E-state index contributed by atoms with van der Waals surface area (Å²) in [6.45, 7) is 2.81. The Morgan fingerprint density at radius 3 is 2.60 bits per heavy atom. The number of hydrogen-bond acceptors (Lipinski definition) is 4. The summed E-state index contributed by atoms with van der Waals surface area (Å²) in [5.41, 5.74) is 1.72. The second-order valence-electron chi connectivity index (χ2n) is 6.15. The van der Waals surface area contributed by atoms with E-state index in [4.69, 9.17) is 4.74 Å². The molecule has 1 saturated heterocycles. The molecular formula is C19H23N3O3. The van der Waals surface area contributed by atoms with Crippen LogP contribution in [-0.2, 0) is 23.1 Å². The van der Waals surface area contributed by atoms with Crippen molar-refractivity contribution in [2.45, 2.75) is 12.6 Å². The molecule has 3 rings (SSSR count). The minimum Gasteiger partial charge on any atom is -0.378 e. The predicted octanol–water partition coefficient (Wildman–Crippen LogP) is 1.07. The molecule has 1 amide bonds. The molecule has 25 heavy (non-hydrogen) atoms. The highest BCUT2D eigenvalue weighted by Gasteiger charge is 2.26. The number of hydrogen-bond donors (Lipinski definition) is 1. The van der Waals surface area contributed by atoms with Crippen LogP contribution in [0.5, 0.6) is 0 Å². The standard InChI is InChI=1S/C19H23N3O3/c1-21-8-7-15(13-17(21)23)14-20-18(16-5-3-2-4-6-16)19(24)22-9-11-25-12-10-22/h2-8,13,18,20H,9-12,14H2,1H3/t18-/m0/s1. The summed E-state index contributed by atoms with van der Waals surface area (Å²) in [6.07, 6.45) is 1.74. The summed E-state index contributed by atoms with van der Waals surface area (Å²) in [7, 11) is 1.72. The number of benzene rings is 1. The molecule has 0 saturated carbocycles. The molecule has 1 atom stereocenters. The van der Waals surface area contributed by atoms with Gasteiger partial charge in [-0.2, -0.15) is 0 Å². The van der Waals surface area contributed by atoms with Gasteiger partial charge in [0.1, 0.15) is 6.04 Å². The van der Waals surface area contributed by atoms with Crippen molar-refractivity contribution < 1.29 is 9.53 Å². The van der Waals surface area contributed by atoms with Gasteiger partial charge in [-0.1, -0.05) is 30.3 Å². The third kappa shape index (κ3) is 4.35. The number of carbonyl (C=O) groups is 1. The smallest absolute Gasteiger partial charge is 0.250 e.